The normalized spacial score (nSPS) is 21.3. The van der Waals surface area contributed by atoms with Gasteiger partial charge >= 0.3 is 0 Å². The summed E-state index contributed by atoms with van der Waals surface area (Å²) in [6, 6.07) is 3.10. The highest BCUT2D eigenvalue weighted by Gasteiger charge is 2.25. The standard InChI is InChI=1S/C11H11ClFOPS/c12-15(16)11-9-3-1-2-7(6-14)8(9)4-5-10(11)13/h4-7,16H,1-3H2. The molecule has 1 nitrogen and oxygen atoms in total. The highest BCUT2D eigenvalue weighted by Crippen LogP contribution is 2.48. The van der Waals surface area contributed by atoms with Crippen LogP contribution in [0.1, 0.15) is 29.9 Å². The van der Waals surface area contributed by atoms with Gasteiger partial charge in [-0.3, -0.25) is 0 Å². The van der Waals surface area contributed by atoms with Crippen LogP contribution in [0.4, 0.5) is 4.39 Å². The van der Waals surface area contributed by atoms with Crippen molar-refractivity contribution in [2.24, 2.45) is 0 Å². The zero-order chi connectivity index (χ0) is 11.7. The van der Waals surface area contributed by atoms with Gasteiger partial charge < -0.3 is 4.79 Å². The third-order valence-electron chi connectivity index (χ3n) is 2.96. The number of hydrogen-bond acceptors (Lipinski definition) is 2. The molecule has 0 spiro atoms. The minimum Gasteiger partial charge on any atom is -0.303 e. The van der Waals surface area contributed by atoms with Crippen molar-refractivity contribution in [2.45, 2.75) is 25.2 Å². The average molecular weight is 277 g/mol. The molecule has 0 saturated heterocycles. The number of benzene rings is 1. The molecule has 2 rings (SSSR count). The maximum Gasteiger partial charge on any atom is 0.133 e. The maximum atomic E-state index is 13.7. The lowest BCUT2D eigenvalue weighted by molar-refractivity contribution is -0.109. The first-order valence-corrected chi connectivity index (χ1v) is 8.46. The predicted octanol–water partition coefficient (Wildman–Crippen LogP) is 3.55. The minimum atomic E-state index is -1.28. The largest absolute Gasteiger partial charge is 0.303 e. The Morgan fingerprint density at radius 1 is 1.56 bits per heavy atom. The van der Waals surface area contributed by atoms with Crippen LogP contribution in [-0.2, 0) is 11.2 Å². The molecule has 1 aliphatic rings. The molecule has 5 heteroatoms. The molecule has 0 radical (unpaired) electrons. The second-order valence-electron chi connectivity index (χ2n) is 3.86. The van der Waals surface area contributed by atoms with Crippen LogP contribution >= 0.6 is 30.0 Å². The van der Waals surface area contributed by atoms with Gasteiger partial charge in [0, 0.05) is 11.2 Å². The molecule has 0 amide bonds. The smallest absolute Gasteiger partial charge is 0.133 e. The zero-order valence-corrected chi connectivity index (χ0v) is 11.0. The zero-order valence-electron chi connectivity index (χ0n) is 8.49. The van der Waals surface area contributed by atoms with Crippen LogP contribution in [0.25, 0.3) is 0 Å². The number of thiol groups is 1. The Hall–Kier alpha value is -0.110. The molecule has 1 aromatic carbocycles. The first-order chi connectivity index (χ1) is 7.65. The molecule has 0 saturated carbocycles. The fourth-order valence-electron chi connectivity index (χ4n) is 2.23. The van der Waals surface area contributed by atoms with Crippen molar-refractivity contribution < 1.29 is 9.18 Å². The van der Waals surface area contributed by atoms with E-state index in [4.69, 9.17) is 11.2 Å². The van der Waals surface area contributed by atoms with Crippen LogP contribution in [0, 0.1) is 5.82 Å². The summed E-state index contributed by atoms with van der Waals surface area (Å²) < 4.78 is 13.7. The van der Waals surface area contributed by atoms with Gasteiger partial charge in [-0.25, -0.2) is 4.39 Å². The van der Waals surface area contributed by atoms with Crippen LogP contribution in [0.15, 0.2) is 12.1 Å². The summed E-state index contributed by atoms with van der Waals surface area (Å²) in [6.45, 7) is -1.28. The maximum absolute atomic E-state index is 13.7. The van der Waals surface area contributed by atoms with E-state index < -0.39 is 6.48 Å². The molecule has 0 fully saturated rings. The Morgan fingerprint density at radius 2 is 2.31 bits per heavy atom. The third kappa shape index (κ3) is 2.13. The van der Waals surface area contributed by atoms with Crippen molar-refractivity contribution in [3.05, 3.63) is 29.1 Å². The quantitative estimate of drug-likeness (QED) is 0.497. The third-order valence-corrected chi connectivity index (χ3v) is 4.92. The van der Waals surface area contributed by atoms with E-state index in [9.17, 15) is 9.18 Å². The summed E-state index contributed by atoms with van der Waals surface area (Å²) in [5.74, 6) is -0.413. The number of aldehydes is 1. The van der Waals surface area contributed by atoms with Gasteiger partial charge in [0.2, 0.25) is 0 Å². The van der Waals surface area contributed by atoms with Gasteiger partial charge in [-0.05, 0) is 36.5 Å². The lowest BCUT2D eigenvalue weighted by Crippen LogP contribution is -2.20. The van der Waals surface area contributed by atoms with Gasteiger partial charge in [0.05, 0.1) is 6.48 Å². The SMILES string of the molecule is O=CC1CCCc2c1ccc(F)c2P(S)Cl. The molecule has 0 aromatic heterocycles. The summed E-state index contributed by atoms with van der Waals surface area (Å²) in [6.07, 6.45) is 3.47. The Bertz CT molecular complexity index is 425. The summed E-state index contributed by atoms with van der Waals surface area (Å²) >= 11 is 10.1. The molecule has 2 unspecified atom stereocenters. The average Bonchev–Trinajstić information content (AvgIpc) is 2.27. The molecule has 2 atom stereocenters. The Labute approximate surface area is 105 Å². The Morgan fingerprint density at radius 3 is 2.94 bits per heavy atom. The van der Waals surface area contributed by atoms with Gasteiger partial charge in [-0.1, -0.05) is 17.3 Å². The summed E-state index contributed by atoms with van der Waals surface area (Å²) in [5.41, 5.74) is 1.83. The summed E-state index contributed by atoms with van der Waals surface area (Å²) in [7, 11) is 0. The van der Waals surface area contributed by atoms with Crippen molar-refractivity contribution in [2.75, 3.05) is 0 Å². The van der Waals surface area contributed by atoms with E-state index in [1.54, 1.807) is 6.07 Å². The molecular weight excluding hydrogens is 266 g/mol. The molecule has 0 bridgehead atoms. The monoisotopic (exact) mass is 276 g/mol. The van der Waals surface area contributed by atoms with E-state index >= 15 is 0 Å². The summed E-state index contributed by atoms with van der Waals surface area (Å²) in [5, 5.41) is 0.504. The highest BCUT2D eigenvalue weighted by molar-refractivity contribution is 8.56. The molecule has 86 valence electrons. The lowest BCUT2D eigenvalue weighted by atomic mass is 9.83. The van der Waals surface area contributed by atoms with Crippen molar-refractivity contribution in [1.82, 2.24) is 0 Å². The van der Waals surface area contributed by atoms with E-state index in [0.29, 0.717) is 5.30 Å². The van der Waals surface area contributed by atoms with Gasteiger partial charge in [0.1, 0.15) is 12.1 Å². The van der Waals surface area contributed by atoms with Gasteiger partial charge in [0.15, 0.2) is 0 Å². The van der Waals surface area contributed by atoms with Crippen LogP contribution in [0.3, 0.4) is 0 Å². The topological polar surface area (TPSA) is 17.1 Å². The molecular formula is C11H11ClFOPS. The lowest BCUT2D eigenvalue weighted by Gasteiger charge is -2.24. The van der Waals surface area contributed by atoms with E-state index in [1.165, 1.54) is 6.07 Å². The molecule has 0 heterocycles. The number of fused-ring (bicyclic) bond motifs is 1. The van der Waals surface area contributed by atoms with Crippen molar-refractivity contribution >= 4 is 41.6 Å². The number of carbonyl (C=O) groups is 1. The molecule has 1 aliphatic carbocycles. The highest BCUT2D eigenvalue weighted by atomic mass is 35.7. The fraction of sp³-hybridized carbons (Fsp3) is 0.364. The second-order valence-corrected chi connectivity index (χ2v) is 7.75. The minimum absolute atomic E-state index is 0.108. The Kier molecular flexibility index (Phi) is 3.89. The summed E-state index contributed by atoms with van der Waals surface area (Å²) in [4.78, 5) is 10.9. The molecule has 0 aliphatic heterocycles. The van der Waals surface area contributed by atoms with E-state index in [0.717, 1.165) is 36.7 Å². The van der Waals surface area contributed by atoms with Crippen LogP contribution < -0.4 is 5.30 Å². The van der Waals surface area contributed by atoms with Crippen molar-refractivity contribution in [3.63, 3.8) is 0 Å². The number of rotatable bonds is 2. The van der Waals surface area contributed by atoms with E-state index in [2.05, 4.69) is 12.2 Å². The first kappa shape index (κ1) is 12.3. The van der Waals surface area contributed by atoms with Crippen molar-refractivity contribution in [3.8, 4) is 0 Å². The number of halogens is 2. The van der Waals surface area contributed by atoms with E-state index in [1.807, 2.05) is 0 Å². The number of hydrogen-bond donors (Lipinski definition) is 1. The van der Waals surface area contributed by atoms with Crippen molar-refractivity contribution in [1.29, 1.82) is 0 Å². The second kappa shape index (κ2) is 5.03. The van der Waals surface area contributed by atoms with Crippen LogP contribution in [-0.4, -0.2) is 6.29 Å². The van der Waals surface area contributed by atoms with Crippen LogP contribution in [0.2, 0.25) is 0 Å². The first-order valence-electron chi connectivity index (χ1n) is 5.06. The fourth-order valence-corrected chi connectivity index (χ4v) is 4.14. The molecule has 16 heavy (non-hydrogen) atoms. The predicted molar refractivity (Wildman–Crippen MR) is 69.5 cm³/mol. The number of carbonyl (C=O) groups excluding carboxylic acids is 1. The van der Waals surface area contributed by atoms with Crippen LogP contribution in [0.5, 0.6) is 0 Å². The van der Waals surface area contributed by atoms with Gasteiger partial charge in [-0.15, -0.1) is 12.2 Å². The molecule has 0 N–H and O–H groups in total. The Balaban J connectivity index is 2.58. The van der Waals surface area contributed by atoms with Gasteiger partial charge in [0.25, 0.3) is 0 Å². The van der Waals surface area contributed by atoms with E-state index in [-0.39, 0.29) is 11.7 Å². The van der Waals surface area contributed by atoms with Gasteiger partial charge in [-0.2, -0.15) is 0 Å². The molecule has 1 aromatic rings.